The fourth-order valence-electron chi connectivity index (χ4n) is 2.88. The molecule has 1 fully saturated rings. The number of likely N-dealkylation sites (N-methyl/N-ethyl adjacent to an activating group) is 1. The summed E-state index contributed by atoms with van der Waals surface area (Å²) in [5, 5.41) is 7.12. The lowest BCUT2D eigenvalue weighted by atomic mass is 10.1. The second-order valence-corrected chi connectivity index (χ2v) is 5.98. The number of likely N-dealkylation sites (tertiary alicyclic amines) is 1. The number of hydrogen-bond donors (Lipinski definition) is 3. The molecule has 0 spiro atoms. The molecule has 5 heteroatoms. The number of thiocarbonyl (C=S) groups is 1. The Morgan fingerprint density at radius 1 is 1.38 bits per heavy atom. The summed E-state index contributed by atoms with van der Waals surface area (Å²) in [4.78, 5) is 12.9. The zero-order chi connectivity index (χ0) is 15.2. The summed E-state index contributed by atoms with van der Waals surface area (Å²) in [7, 11) is 0. The minimum atomic E-state index is 0.0751. The molecule has 3 N–H and O–H groups in total. The van der Waals surface area contributed by atoms with Crippen LogP contribution in [0, 0.1) is 0 Å². The third kappa shape index (κ3) is 4.51. The predicted octanol–water partition coefficient (Wildman–Crippen LogP) is 1.24. The first-order valence-electron chi connectivity index (χ1n) is 7.60. The fraction of sp³-hybridized carbons (Fsp3) is 0.500. The smallest absolute Gasteiger partial charge is 0.170 e. The van der Waals surface area contributed by atoms with Gasteiger partial charge in [0.1, 0.15) is 6.04 Å². The molecule has 2 atom stereocenters. The number of nitrogens with one attached hydrogen (secondary N) is 3. The van der Waals surface area contributed by atoms with Crippen molar-refractivity contribution in [3.63, 3.8) is 0 Å². The lowest BCUT2D eigenvalue weighted by Crippen LogP contribution is -3.14. The molecule has 0 aromatic heterocycles. The van der Waals surface area contributed by atoms with E-state index in [1.54, 1.807) is 11.8 Å². The van der Waals surface area contributed by atoms with E-state index in [1.165, 1.54) is 25.9 Å². The van der Waals surface area contributed by atoms with Crippen molar-refractivity contribution in [3.8, 4) is 0 Å². The lowest BCUT2D eigenvalue weighted by molar-refractivity contribution is -0.909. The number of Topliss-reactive ketones (excluding diaryl/α,β-unsaturated/α-hetero) is 1. The summed E-state index contributed by atoms with van der Waals surface area (Å²) < 4.78 is 0. The van der Waals surface area contributed by atoms with Crippen LogP contribution in [0.15, 0.2) is 24.3 Å². The van der Waals surface area contributed by atoms with Crippen LogP contribution in [0.25, 0.3) is 0 Å². The van der Waals surface area contributed by atoms with E-state index in [0.29, 0.717) is 16.7 Å². The van der Waals surface area contributed by atoms with Crippen molar-refractivity contribution in [2.45, 2.75) is 32.7 Å². The number of quaternary nitrogens is 1. The number of rotatable bonds is 5. The molecule has 1 aliphatic heterocycles. The van der Waals surface area contributed by atoms with Gasteiger partial charge in [0.2, 0.25) is 0 Å². The highest BCUT2D eigenvalue weighted by Gasteiger charge is 2.26. The molecule has 1 unspecified atom stereocenters. The number of ketones is 1. The van der Waals surface area contributed by atoms with Gasteiger partial charge in [0, 0.05) is 24.1 Å². The number of carbonyl (C=O) groups excluding carboxylic acids is 1. The third-order valence-electron chi connectivity index (χ3n) is 4.14. The Hall–Kier alpha value is -1.46. The van der Waals surface area contributed by atoms with Gasteiger partial charge in [0.25, 0.3) is 0 Å². The van der Waals surface area contributed by atoms with E-state index in [9.17, 15) is 4.79 Å². The van der Waals surface area contributed by atoms with Crippen LogP contribution in [0.3, 0.4) is 0 Å². The summed E-state index contributed by atoms with van der Waals surface area (Å²) >= 11 is 5.33. The van der Waals surface area contributed by atoms with Gasteiger partial charge in [-0.15, -0.1) is 0 Å². The van der Waals surface area contributed by atoms with Crippen molar-refractivity contribution in [2.75, 3.05) is 25.0 Å². The molecule has 4 nitrogen and oxygen atoms in total. The van der Waals surface area contributed by atoms with Crippen LogP contribution in [0.1, 0.15) is 37.0 Å². The van der Waals surface area contributed by atoms with Crippen LogP contribution < -0.4 is 15.5 Å². The fourth-order valence-corrected chi connectivity index (χ4v) is 3.08. The third-order valence-corrected chi connectivity index (χ3v) is 4.39. The molecule has 1 heterocycles. The van der Waals surface area contributed by atoms with Crippen molar-refractivity contribution in [1.29, 1.82) is 0 Å². The molecule has 21 heavy (non-hydrogen) atoms. The molecule has 0 amide bonds. The van der Waals surface area contributed by atoms with E-state index in [-0.39, 0.29) is 5.78 Å². The molecule has 1 aromatic rings. The van der Waals surface area contributed by atoms with E-state index >= 15 is 0 Å². The maximum atomic E-state index is 11.2. The highest BCUT2D eigenvalue weighted by atomic mass is 32.1. The number of benzene rings is 1. The SMILES string of the molecule is CC[NH+]1CCC[C@H]1CNC(=S)Nc1ccc(C(C)=O)cc1. The second kappa shape index (κ2) is 7.52. The van der Waals surface area contributed by atoms with Crippen LogP contribution >= 0.6 is 12.2 Å². The Balaban J connectivity index is 1.80. The first-order valence-corrected chi connectivity index (χ1v) is 8.01. The molecule has 1 saturated heterocycles. The van der Waals surface area contributed by atoms with Crippen LogP contribution in [0.4, 0.5) is 5.69 Å². The van der Waals surface area contributed by atoms with Crippen molar-refractivity contribution in [2.24, 2.45) is 0 Å². The molecule has 1 aliphatic rings. The summed E-state index contributed by atoms with van der Waals surface area (Å²) in [6, 6.07) is 8.05. The zero-order valence-corrected chi connectivity index (χ0v) is 13.6. The van der Waals surface area contributed by atoms with Crippen molar-refractivity contribution < 1.29 is 9.69 Å². The van der Waals surface area contributed by atoms with Gasteiger partial charge >= 0.3 is 0 Å². The Bertz CT molecular complexity index is 501. The molecule has 0 aliphatic carbocycles. The minimum Gasteiger partial charge on any atom is -0.356 e. The average molecular weight is 306 g/mol. The largest absolute Gasteiger partial charge is 0.356 e. The molecule has 114 valence electrons. The van der Waals surface area contributed by atoms with E-state index in [4.69, 9.17) is 12.2 Å². The van der Waals surface area contributed by atoms with Crippen LogP contribution in [0.5, 0.6) is 0 Å². The highest BCUT2D eigenvalue weighted by Crippen LogP contribution is 2.10. The van der Waals surface area contributed by atoms with Crippen LogP contribution in [-0.2, 0) is 0 Å². The monoisotopic (exact) mass is 306 g/mol. The van der Waals surface area contributed by atoms with Gasteiger partial charge in [-0.3, -0.25) is 4.79 Å². The van der Waals surface area contributed by atoms with Crippen molar-refractivity contribution in [1.82, 2.24) is 5.32 Å². The van der Waals surface area contributed by atoms with E-state index in [0.717, 1.165) is 12.2 Å². The van der Waals surface area contributed by atoms with E-state index in [1.807, 2.05) is 24.3 Å². The number of hydrogen-bond acceptors (Lipinski definition) is 2. The maximum Gasteiger partial charge on any atom is 0.170 e. The maximum absolute atomic E-state index is 11.2. The lowest BCUT2D eigenvalue weighted by Gasteiger charge is -2.21. The van der Waals surface area contributed by atoms with E-state index < -0.39 is 0 Å². The van der Waals surface area contributed by atoms with Gasteiger partial charge in [0.05, 0.1) is 19.6 Å². The van der Waals surface area contributed by atoms with Crippen LogP contribution in [0.2, 0.25) is 0 Å². The molecule has 0 bridgehead atoms. The average Bonchev–Trinajstić information content (AvgIpc) is 2.93. The van der Waals surface area contributed by atoms with Gasteiger partial charge in [0.15, 0.2) is 10.9 Å². The quantitative estimate of drug-likeness (QED) is 0.566. The molecule has 0 radical (unpaired) electrons. The summed E-state index contributed by atoms with van der Waals surface area (Å²) in [5.41, 5.74) is 1.62. The normalized spacial score (nSPS) is 21.0. The van der Waals surface area contributed by atoms with Gasteiger partial charge in [-0.2, -0.15) is 0 Å². The van der Waals surface area contributed by atoms with Crippen molar-refractivity contribution in [3.05, 3.63) is 29.8 Å². The minimum absolute atomic E-state index is 0.0751. The topological polar surface area (TPSA) is 45.6 Å². The second-order valence-electron chi connectivity index (χ2n) is 5.57. The number of carbonyl (C=O) groups is 1. The molecule has 2 rings (SSSR count). The molecular weight excluding hydrogens is 282 g/mol. The van der Waals surface area contributed by atoms with Crippen LogP contribution in [-0.4, -0.2) is 36.6 Å². The van der Waals surface area contributed by atoms with E-state index in [2.05, 4.69) is 17.6 Å². The van der Waals surface area contributed by atoms with Gasteiger partial charge < -0.3 is 15.5 Å². The summed E-state index contributed by atoms with van der Waals surface area (Å²) in [6.07, 6.45) is 2.58. The summed E-state index contributed by atoms with van der Waals surface area (Å²) in [6.45, 7) is 7.17. The molecular formula is C16H24N3OS+. The first-order chi connectivity index (χ1) is 10.1. The molecule has 0 saturated carbocycles. The highest BCUT2D eigenvalue weighted by molar-refractivity contribution is 7.80. The Morgan fingerprint density at radius 3 is 2.71 bits per heavy atom. The zero-order valence-electron chi connectivity index (χ0n) is 12.7. The van der Waals surface area contributed by atoms with Gasteiger partial charge in [-0.25, -0.2) is 0 Å². The standard InChI is InChI=1S/C16H23N3OS/c1-3-19-10-4-5-15(19)11-17-16(21)18-14-8-6-13(7-9-14)12(2)20/h6-9,15H,3-5,10-11H2,1-2H3,(H2,17,18,21)/p+1/t15-/m0/s1. The predicted molar refractivity (Wildman–Crippen MR) is 90.1 cm³/mol. The number of anilines is 1. The van der Waals surface area contributed by atoms with Gasteiger partial charge in [-0.05, 0) is 50.3 Å². The Morgan fingerprint density at radius 2 is 2.10 bits per heavy atom. The molecule has 1 aromatic carbocycles. The summed E-state index contributed by atoms with van der Waals surface area (Å²) in [5.74, 6) is 0.0751. The van der Waals surface area contributed by atoms with Gasteiger partial charge in [-0.1, -0.05) is 0 Å². The Kier molecular flexibility index (Phi) is 5.70. The first kappa shape index (κ1) is 15.9. The van der Waals surface area contributed by atoms with Crippen molar-refractivity contribution >= 4 is 28.8 Å². The Labute approximate surface area is 131 Å².